The number of hydrogen-bond acceptors (Lipinski definition) is 3. The number of nitrogens with one attached hydrogen (secondary N) is 1. The van der Waals surface area contributed by atoms with Crippen molar-refractivity contribution in [2.75, 3.05) is 5.32 Å². The van der Waals surface area contributed by atoms with Crippen LogP contribution in [0.15, 0.2) is 24.3 Å². The lowest BCUT2D eigenvalue weighted by Gasteiger charge is -2.10. The molecule has 0 atom stereocenters. The van der Waals surface area contributed by atoms with E-state index >= 15 is 0 Å². The van der Waals surface area contributed by atoms with Gasteiger partial charge in [-0.05, 0) is 26.0 Å². The molecule has 3 N–H and O–H groups in total. The zero-order valence-corrected chi connectivity index (χ0v) is 11.5. The van der Waals surface area contributed by atoms with Crippen LogP contribution >= 0.6 is 12.2 Å². The van der Waals surface area contributed by atoms with Gasteiger partial charge in [0.2, 0.25) is 0 Å². The predicted molar refractivity (Wildman–Crippen MR) is 78.3 cm³/mol. The van der Waals surface area contributed by atoms with Gasteiger partial charge in [-0.1, -0.05) is 23.8 Å². The SMILES string of the molecule is Cc1ccc(Nc2cc(C)n(C)n2)c(C(N)=S)c1. The van der Waals surface area contributed by atoms with Crippen LogP contribution in [-0.4, -0.2) is 14.8 Å². The molecule has 1 aromatic carbocycles. The minimum Gasteiger partial charge on any atom is -0.389 e. The molecule has 5 heteroatoms. The molecular weight excluding hydrogens is 244 g/mol. The van der Waals surface area contributed by atoms with E-state index in [1.165, 1.54) is 0 Å². The van der Waals surface area contributed by atoms with Gasteiger partial charge in [0.05, 0.1) is 0 Å². The number of hydrogen-bond donors (Lipinski definition) is 2. The number of thiocarbonyl (C=S) groups is 1. The number of aryl methyl sites for hydroxylation is 3. The maximum atomic E-state index is 5.74. The van der Waals surface area contributed by atoms with Gasteiger partial charge in [0.25, 0.3) is 0 Å². The molecule has 0 saturated heterocycles. The van der Waals surface area contributed by atoms with Crippen LogP contribution in [0.3, 0.4) is 0 Å². The number of nitrogens with zero attached hydrogens (tertiary/aromatic N) is 2. The second-order valence-corrected chi connectivity index (χ2v) is 4.77. The highest BCUT2D eigenvalue weighted by Gasteiger charge is 2.08. The molecule has 0 amide bonds. The molecule has 0 fully saturated rings. The summed E-state index contributed by atoms with van der Waals surface area (Å²) in [6.45, 7) is 4.01. The summed E-state index contributed by atoms with van der Waals surface area (Å²) < 4.78 is 1.82. The Kier molecular flexibility index (Phi) is 3.34. The Balaban J connectivity index is 2.36. The lowest BCUT2D eigenvalue weighted by Crippen LogP contribution is -2.12. The first-order valence-corrected chi connectivity index (χ1v) is 6.06. The molecule has 0 saturated carbocycles. The minimum atomic E-state index is 0.383. The summed E-state index contributed by atoms with van der Waals surface area (Å²) in [5, 5.41) is 7.59. The second kappa shape index (κ2) is 4.78. The minimum absolute atomic E-state index is 0.383. The van der Waals surface area contributed by atoms with Gasteiger partial charge >= 0.3 is 0 Å². The highest BCUT2D eigenvalue weighted by Crippen LogP contribution is 2.21. The van der Waals surface area contributed by atoms with Crippen molar-refractivity contribution in [3.63, 3.8) is 0 Å². The summed E-state index contributed by atoms with van der Waals surface area (Å²) in [4.78, 5) is 0.383. The van der Waals surface area contributed by atoms with Crippen LogP contribution in [0.2, 0.25) is 0 Å². The van der Waals surface area contributed by atoms with Crippen LogP contribution in [0.4, 0.5) is 11.5 Å². The first kappa shape index (κ1) is 12.6. The van der Waals surface area contributed by atoms with Crippen LogP contribution in [0, 0.1) is 13.8 Å². The fraction of sp³-hybridized carbons (Fsp3) is 0.231. The Morgan fingerprint density at radius 2 is 2.06 bits per heavy atom. The smallest absolute Gasteiger partial charge is 0.152 e. The summed E-state index contributed by atoms with van der Waals surface area (Å²) in [5.74, 6) is 0.788. The van der Waals surface area contributed by atoms with E-state index in [4.69, 9.17) is 18.0 Å². The molecule has 0 aliphatic carbocycles. The number of rotatable bonds is 3. The van der Waals surface area contributed by atoms with Crippen molar-refractivity contribution in [3.05, 3.63) is 41.1 Å². The van der Waals surface area contributed by atoms with E-state index in [9.17, 15) is 0 Å². The van der Waals surface area contributed by atoms with E-state index in [0.29, 0.717) is 4.99 Å². The van der Waals surface area contributed by atoms with Gasteiger partial charge < -0.3 is 11.1 Å². The van der Waals surface area contributed by atoms with Gasteiger partial charge in [-0.25, -0.2) is 0 Å². The van der Waals surface area contributed by atoms with E-state index < -0.39 is 0 Å². The Labute approximate surface area is 112 Å². The molecule has 2 rings (SSSR count). The van der Waals surface area contributed by atoms with Crippen molar-refractivity contribution in [1.29, 1.82) is 0 Å². The molecule has 0 unspecified atom stereocenters. The fourth-order valence-electron chi connectivity index (χ4n) is 1.73. The van der Waals surface area contributed by atoms with E-state index in [1.807, 2.05) is 49.8 Å². The molecule has 4 nitrogen and oxygen atoms in total. The third kappa shape index (κ3) is 2.51. The Morgan fingerprint density at radius 1 is 1.33 bits per heavy atom. The van der Waals surface area contributed by atoms with Crippen molar-refractivity contribution in [1.82, 2.24) is 9.78 Å². The third-order valence-corrected chi connectivity index (χ3v) is 3.04. The largest absolute Gasteiger partial charge is 0.389 e. The van der Waals surface area contributed by atoms with Gasteiger partial charge in [0, 0.05) is 30.1 Å². The zero-order chi connectivity index (χ0) is 13.3. The number of benzene rings is 1. The third-order valence-electron chi connectivity index (χ3n) is 2.82. The maximum absolute atomic E-state index is 5.74. The quantitative estimate of drug-likeness (QED) is 0.832. The van der Waals surface area contributed by atoms with Crippen molar-refractivity contribution in [3.8, 4) is 0 Å². The van der Waals surface area contributed by atoms with E-state index in [-0.39, 0.29) is 0 Å². The molecule has 94 valence electrons. The van der Waals surface area contributed by atoms with Crippen LogP contribution in [0.5, 0.6) is 0 Å². The highest BCUT2D eigenvalue weighted by atomic mass is 32.1. The van der Waals surface area contributed by atoms with Gasteiger partial charge in [0.1, 0.15) is 4.99 Å². The van der Waals surface area contributed by atoms with Crippen molar-refractivity contribution in [2.45, 2.75) is 13.8 Å². The lowest BCUT2D eigenvalue weighted by atomic mass is 10.1. The van der Waals surface area contributed by atoms with Gasteiger partial charge in [-0.2, -0.15) is 5.10 Å². The molecule has 0 bridgehead atoms. The molecule has 0 aliphatic heterocycles. The molecule has 18 heavy (non-hydrogen) atoms. The zero-order valence-electron chi connectivity index (χ0n) is 10.7. The first-order valence-electron chi connectivity index (χ1n) is 5.65. The molecule has 1 heterocycles. The number of nitrogens with two attached hydrogens (primary N) is 1. The Bertz CT molecular complexity index is 582. The van der Waals surface area contributed by atoms with Crippen LogP contribution in [0.1, 0.15) is 16.8 Å². The maximum Gasteiger partial charge on any atom is 0.152 e. The van der Waals surface area contributed by atoms with E-state index in [2.05, 4.69) is 10.4 Å². The first-order chi connectivity index (χ1) is 8.47. The molecule has 0 radical (unpaired) electrons. The van der Waals surface area contributed by atoms with Crippen molar-refractivity contribution in [2.24, 2.45) is 12.8 Å². The van der Waals surface area contributed by atoms with Crippen molar-refractivity contribution >= 4 is 28.7 Å². The topological polar surface area (TPSA) is 55.9 Å². The summed E-state index contributed by atoms with van der Waals surface area (Å²) in [6, 6.07) is 7.93. The standard InChI is InChI=1S/C13H16N4S/c1-8-4-5-11(10(6-8)13(14)18)15-12-7-9(2)17(3)16-12/h4-7H,1-3H3,(H2,14,18)(H,15,16). The Morgan fingerprint density at radius 3 is 2.61 bits per heavy atom. The predicted octanol–water partition coefficient (Wildman–Crippen LogP) is 2.41. The van der Waals surface area contributed by atoms with Crippen LogP contribution < -0.4 is 11.1 Å². The normalized spacial score (nSPS) is 10.4. The van der Waals surface area contributed by atoms with Crippen LogP contribution in [0.25, 0.3) is 0 Å². The summed E-state index contributed by atoms with van der Waals surface area (Å²) in [6.07, 6.45) is 0. The average molecular weight is 260 g/mol. The highest BCUT2D eigenvalue weighted by molar-refractivity contribution is 7.80. The molecular formula is C13H16N4S. The van der Waals surface area contributed by atoms with Gasteiger partial charge in [0.15, 0.2) is 5.82 Å². The number of aromatic nitrogens is 2. The summed E-state index contributed by atoms with van der Waals surface area (Å²) >= 11 is 5.07. The summed E-state index contributed by atoms with van der Waals surface area (Å²) in [5.41, 5.74) is 9.67. The molecule has 1 aromatic heterocycles. The molecule has 0 spiro atoms. The van der Waals surface area contributed by atoms with Crippen molar-refractivity contribution < 1.29 is 0 Å². The molecule has 0 aliphatic rings. The monoisotopic (exact) mass is 260 g/mol. The average Bonchev–Trinajstić information content (AvgIpc) is 2.60. The molecule has 2 aromatic rings. The van der Waals surface area contributed by atoms with Crippen LogP contribution in [-0.2, 0) is 7.05 Å². The van der Waals surface area contributed by atoms with E-state index in [1.54, 1.807) is 0 Å². The van der Waals surface area contributed by atoms with Gasteiger partial charge in [-0.3, -0.25) is 4.68 Å². The van der Waals surface area contributed by atoms with Gasteiger partial charge in [-0.15, -0.1) is 0 Å². The second-order valence-electron chi connectivity index (χ2n) is 4.33. The number of anilines is 2. The lowest BCUT2D eigenvalue weighted by molar-refractivity contribution is 0.743. The fourth-order valence-corrected chi connectivity index (χ4v) is 1.90. The Hall–Kier alpha value is -1.88. The van der Waals surface area contributed by atoms with E-state index in [0.717, 1.165) is 28.3 Å². The summed E-state index contributed by atoms with van der Waals surface area (Å²) in [7, 11) is 1.91.